The standard InChI is InChI=1S/C14H17NO4S/c16-12(14(18)19)7-15-13(17)8-20-11-5-4-9-2-1-3-10(9)6-11/h4-6,12,16H,1-3,7-8H2,(H,15,17)(H,18,19). The fourth-order valence-electron chi connectivity index (χ4n) is 2.14. The molecule has 0 radical (unpaired) electrons. The number of carboxylic acids is 1. The minimum Gasteiger partial charge on any atom is -0.479 e. The van der Waals surface area contributed by atoms with E-state index in [1.165, 1.54) is 29.3 Å². The van der Waals surface area contributed by atoms with Crippen LogP contribution in [0.2, 0.25) is 0 Å². The minimum atomic E-state index is -1.55. The highest BCUT2D eigenvalue weighted by Gasteiger charge is 2.15. The van der Waals surface area contributed by atoms with Gasteiger partial charge in [-0.3, -0.25) is 4.79 Å². The molecule has 0 aliphatic heterocycles. The molecule has 0 bridgehead atoms. The summed E-state index contributed by atoms with van der Waals surface area (Å²) in [6.45, 7) is -0.265. The molecule has 1 aliphatic rings. The van der Waals surface area contributed by atoms with Gasteiger partial charge in [-0.15, -0.1) is 11.8 Å². The molecular formula is C14H17NO4S. The molecule has 1 aromatic carbocycles. The van der Waals surface area contributed by atoms with Gasteiger partial charge >= 0.3 is 5.97 Å². The molecule has 0 saturated heterocycles. The van der Waals surface area contributed by atoms with Crippen molar-refractivity contribution in [1.29, 1.82) is 0 Å². The van der Waals surface area contributed by atoms with E-state index >= 15 is 0 Å². The van der Waals surface area contributed by atoms with Gasteiger partial charge in [0, 0.05) is 4.90 Å². The zero-order valence-corrected chi connectivity index (χ0v) is 11.8. The lowest BCUT2D eigenvalue weighted by molar-refractivity contribution is -0.146. The summed E-state index contributed by atoms with van der Waals surface area (Å²) < 4.78 is 0. The van der Waals surface area contributed by atoms with Crippen LogP contribution in [-0.2, 0) is 22.4 Å². The summed E-state index contributed by atoms with van der Waals surface area (Å²) in [5.74, 6) is -1.40. The Morgan fingerprint density at radius 3 is 2.80 bits per heavy atom. The number of nitrogens with one attached hydrogen (secondary N) is 1. The second kappa shape index (κ2) is 6.76. The quantitative estimate of drug-likeness (QED) is 0.677. The highest BCUT2D eigenvalue weighted by atomic mass is 32.2. The van der Waals surface area contributed by atoms with Crippen LogP contribution in [0.1, 0.15) is 17.5 Å². The Labute approximate surface area is 121 Å². The molecule has 5 nitrogen and oxygen atoms in total. The van der Waals surface area contributed by atoms with Crippen LogP contribution in [0.3, 0.4) is 0 Å². The van der Waals surface area contributed by atoms with Gasteiger partial charge in [0.05, 0.1) is 12.3 Å². The molecule has 2 rings (SSSR count). The second-order valence-electron chi connectivity index (χ2n) is 4.73. The number of hydrogen-bond donors (Lipinski definition) is 3. The average Bonchev–Trinajstić information content (AvgIpc) is 2.89. The van der Waals surface area contributed by atoms with Crippen molar-refractivity contribution < 1.29 is 19.8 Å². The van der Waals surface area contributed by atoms with Gasteiger partial charge in [0.1, 0.15) is 0 Å². The van der Waals surface area contributed by atoms with Gasteiger partial charge in [-0.05, 0) is 42.5 Å². The summed E-state index contributed by atoms with van der Waals surface area (Å²) in [5.41, 5.74) is 2.75. The van der Waals surface area contributed by atoms with Gasteiger partial charge < -0.3 is 15.5 Å². The number of thioether (sulfide) groups is 1. The Kier molecular flexibility index (Phi) is 5.03. The van der Waals surface area contributed by atoms with E-state index in [9.17, 15) is 9.59 Å². The van der Waals surface area contributed by atoms with E-state index in [0.717, 1.165) is 17.7 Å². The van der Waals surface area contributed by atoms with Crippen molar-refractivity contribution in [2.75, 3.05) is 12.3 Å². The number of hydrogen-bond acceptors (Lipinski definition) is 4. The van der Waals surface area contributed by atoms with Crippen LogP contribution in [0.25, 0.3) is 0 Å². The van der Waals surface area contributed by atoms with Gasteiger partial charge in [-0.1, -0.05) is 6.07 Å². The summed E-state index contributed by atoms with van der Waals surface area (Å²) in [7, 11) is 0. The number of carbonyl (C=O) groups excluding carboxylic acids is 1. The van der Waals surface area contributed by atoms with Crippen molar-refractivity contribution in [2.45, 2.75) is 30.3 Å². The molecule has 3 N–H and O–H groups in total. The number of carbonyl (C=O) groups is 2. The van der Waals surface area contributed by atoms with E-state index in [2.05, 4.69) is 17.4 Å². The Morgan fingerprint density at radius 2 is 2.05 bits per heavy atom. The van der Waals surface area contributed by atoms with Crippen LogP contribution < -0.4 is 5.32 Å². The Balaban J connectivity index is 1.77. The van der Waals surface area contributed by atoms with Crippen molar-refractivity contribution in [1.82, 2.24) is 5.32 Å². The molecule has 0 fully saturated rings. The number of aryl methyl sites for hydroxylation is 2. The van der Waals surface area contributed by atoms with Gasteiger partial charge in [0.15, 0.2) is 6.10 Å². The third kappa shape index (κ3) is 3.98. The van der Waals surface area contributed by atoms with E-state index in [1.807, 2.05) is 6.07 Å². The summed E-state index contributed by atoms with van der Waals surface area (Å²) in [5, 5.41) is 19.9. The number of benzene rings is 1. The normalized spacial score (nSPS) is 14.7. The maximum absolute atomic E-state index is 11.5. The molecule has 1 amide bonds. The number of carboxylic acid groups (broad SMARTS) is 1. The van der Waals surface area contributed by atoms with E-state index in [-0.39, 0.29) is 18.2 Å². The molecule has 20 heavy (non-hydrogen) atoms. The first-order valence-corrected chi connectivity index (χ1v) is 7.47. The molecule has 0 heterocycles. The number of amides is 1. The minimum absolute atomic E-state index is 0.213. The predicted molar refractivity (Wildman–Crippen MR) is 75.8 cm³/mol. The first-order valence-electron chi connectivity index (χ1n) is 6.48. The largest absolute Gasteiger partial charge is 0.479 e. The van der Waals surface area contributed by atoms with Crippen molar-refractivity contribution >= 4 is 23.6 Å². The number of aliphatic hydroxyl groups is 1. The topological polar surface area (TPSA) is 86.6 Å². The van der Waals surface area contributed by atoms with Gasteiger partial charge in [0.2, 0.25) is 5.91 Å². The second-order valence-corrected chi connectivity index (χ2v) is 5.78. The molecule has 108 valence electrons. The van der Waals surface area contributed by atoms with Crippen LogP contribution >= 0.6 is 11.8 Å². The molecule has 0 spiro atoms. The van der Waals surface area contributed by atoms with E-state index < -0.39 is 12.1 Å². The Hall–Kier alpha value is -1.53. The van der Waals surface area contributed by atoms with E-state index in [1.54, 1.807) is 0 Å². The number of rotatable bonds is 6. The Morgan fingerprint density at radius 1 is 1.30 bits per heavy atom. The van der Waals surface area contributed by atoms with Crippen molar-refractivity contribution in [3.05, 3.63) is 29.3 Å². The zero-order chi connectivity index (χ0) is 14.5. The van der Waals surface area contributed by atoms with Crippen LogP contribution in [0.5, 0.6) is 0 Å². The molecule has 1 aromatic rings. The van der Waals surface area contributed by atoms with Gasteiger partial charge in [0.25, 0.3) is 0 Å². The van der Waals surface area contributed by atoms with Crippen LogP contribution in [0.4, 0.5) is 0 Å². The third-order valence-electron chi connectivity index (χ3n) is 3.22. The molecule has 0 saturated carbocycles. The zero-order valence-electron chi connectivity index (χ0n) is 11.0. The van der Waals surface area contributed by atoms with Crippen molar-refractivity contribution in [2.24, 2.45) is 0 Å². The first-order chi connectivity index (χ1) is 9.56. The fraction of sp³-hybridized carbons (Fsp3) is 0.429. The number of fused-ring (bicyclic) bond motifs is 1. The van der Waals surface area contributed by atoms with Crippen molar-refractivity contribution in [3.8, 4) is 0 Å². The lowest BCUT2D eigenvalue weighted by Gasteiger charge is -2.08. The number of aliphatic hydroxyl groups excluding tert-OH is 1. The van der Waals surface area contributed by atoms with Gasteiger partial charge in [-0.25, -0.2) is 4.79 Å². The lowest BCUT2D eigenvalue weighted by atomic mass is 10.1. The average molecular weight is 295 g/mol. The summed E-state index contributed by atoms with van der Waals surface area (Å²) in [4.78, 5) is 23.0. The van der Waals surface area contributed by atoms with E-state index in [0.29, 0.717) is 0 Å². The third-order valence-corrected chi connectivity index (χ3v) is 4.21. The summed E-state index contributed by atoms with van der Waals surface area (Å²) >= 11 is 1.41. The number of aliphatic carboxylic acids is 1. The van der Waals surface area contributed by atoms with Crippen LogP contribution in [0, 0.1) is 0 Å². The highest BCUT2D eigenvalue weighted by Crippen LogP contribution is 2.27. The maximum Gasteiger partial charge on any atom is 0.334 e. The Bertz CT molecular complexity index is 518. The SMILES string of the molecule is O=C(CSc1ccc2c(c1)CCC2)NCC(O)C(=O)O. The summed E-state index contributed by atoms with van der Waals surface area (Å²) in [6, 6.07) is 6.23. The maximum atomic E-state index is 11.5. The molecular weight excluding hydrogens is 278 g/mol. The van der Waals surface area contributed by atoms with Crippen LogP contribution in [0.15, 0.2) is 23.1 Å². The molecule has 1 unspecified atom stereocenters. The molecule has 6 heteroatoms. The fourth-order valence-corrected chi connectivity index (χ4v) is 2.93. The van der Waals surface area contributed by atoms with Crippen LogP contribution in [-0.4, -0.2) is 40.5 Å². The smallest absolute Gasteiger partial charge is 0.334 e. The summed E-state index contributed by atoms with van der Waals surface area (Å²) in [6.07, 6.45) is 1.87. The van der Waals surface area contributed by atoms with Crippen molar-refractivity contribution in [3.63, 3.8) is 0 Å². The van der Waals surface area contributed by atoms with Gasteiger partial charge in [-0.2, -0.15) is 0 Å². The highest BCUT2D eigenvalue weighted by molar-refractivity contribution is 8.00. The first kappa shape index (κ1) is 14.9. The monoisotopic (exact) mass is 295 g/mol. The molecule has 1 aliphatic carbocycles. The van der Waals surface area contributed by atoms with E-state index in [4.69, 9.17) is 10.2 Å². The molecule has 0 aromatic heterocycles. The molecule has 1 atom stereocenters. The lowest BCUT2D eigenvalue weighted by Crippen LogP contribution is -2.37. The predicted octanol–water partition coefficient (Wildman–Crippen LogP) is 0.829.